The zero-order chi connectivity index (χ0) is 24.8. The Bertz CT molecular complexity index is 1140. The number of ketones is 1. The van der Waals surface area contributed by atoms with E-state index in [4.69, 9.17) is 9.47 Å². The molecule has 0 radical (unpaired) electrons. The molecular formula is C25H31N3O6. The SMILES string of the molecule is COc1cccc(CNC(=O)c2c(OC)cc(=O)n3c2CCN(C(=O)C(C)CC(C)=O)CC3)c1. The third-order valence-corrected chi connectivity index (χ3v) is 5.95. The van der Waals surface area contributed by atoms with Crippen LogP contribution < -0.4 is 20.3 Å². The molecule has 1 aromatic carbocycles. The van der Waals surface area contributed by atoms with Crippen molar-refractivity contribution in [1.29, 1.82) is 0 Å². The van der Waals surface area contributed by atoms with E-state index in [-0.39, 0.29) is 54.0 Å². The zero-order valence-electron chi connectivity index (χ0n) is 20.1. The molecule has 34 heavy (non-hydrogen) atoms. The van der Waals surface area contributed by atoms with Gasteiger partial charge in [-0.25, -0.2) is 0 Å². The molecule has 182 valence electrons. The Hall–Kier alpha value is -3.62. The first-order valence-electron chi connectivity index (χ1n) is 11.2. The Balaban J connectivity index is 1.85. The highest BCUT2D eigenvalue weighted by Crippen LogP contribution is 2.24. The number of ether oxygens (including phenoxy) is 2. The Morgan fingerprint density at radius 2 is 1.85 bits per heavy atom. The molecule has 2 heterocycles. The number of carbonyl (C=O) groups excluding carboxylic acids is 3. The number of rotatable bonds is 8. The third kappa shape index (κ3) is 5.65. The first-order chi connectivity index (χ1) is 16.2. The highest BCUT2D eigenvalue weighted by Gasteiger charge is 2.28. The van der Waals surface area contributed by atoms with Crippen molar-refractivity contribution in [3.05, 3.63) is 57.5 Å². The number of amides is 2. The molecule has 1 aliphatic heterocycles. The van der Waals surface area contributed by atoms with Crippen LogP contribution in [-0.2, 0) is 29.1 Å². The van der Waals surface area contributed by atoms with Crippen LogP contribution in [0.4, 0.5) is 0 Å². The van der Waals surface area contributed by atoms with Crippen LogP contribution in [0.1, 0.15) is 41.9 Å². The summed E-state index contributed by atoms with van der Waals surface area (Å²) in [5.74, 6) is -0.0944. The van der Waals surface area contributed by atoms with Crippen LogP contribution in [0.2, 0.25) is 0 Å². The summed E-state index contributed by atoms with van der Waals surface area (Å²) < 4.78 is 12.2. The molecule has 1 aliphatic rings. The molecule has 1 N–H and O–H groups in total. The maximum atomic E-state index is 13.2. The second-order valence-corrected chi connectivity index (χ2v) is 8.44. The average molecular weight is 470 g/mol. The molecule has 3 rings (SSSR count). The van der Waals surface area contributed by atoms with E-state index in [9.17, 15) is 19.2 Å². The summed E-state index contributed by atoms with van der Waals surface area (Å²) in [6, 6.07) is 8.68. The van der Waals surface area contributed by atoms with Gasteiger partial charge in [-0.15, -0.1) is 0 Å². The monoisotopic (exact) mass is 469 g/mol. The van der Waals surface area contributed by atoms with Crippen LogP contribution >= 0.6 is 0 Å². The van der Waals surface area contributed by atoms with Gasteiger partial charge in [-0.05, 0) is 24.6 Å². The topological polar surface area (TPSA) is 107 Å². The van der Waals surface area contributed by atoms with Gasteiger partial charge in [-0.3, -0.25) is 14.4 Å². The largest absolute Gasteiger partial charge is 0.497 e. The van der Waals surface area contributed by atoms with Crippen molar-refractivity contribution in [3.8, 4) is 11.5 Å². The van der Waals surface area contributed by atoms with Gasteiger partial charge in [0.15, 0.2) is 0 Å². The van der Waals surface area contributed by atoms with Gasteiger partial charge in [-0.2, -0.15) is 0 Å². The smallest absolute Gasteiger partial charge is 0.257 e. The average Bonchev–Trinajstić information content (AvgIpc) is 3.05. The van der Waals surface area contributed by atoms with Crippen molar-refractivity contribution in [2.45, 2.75) is 39.8 Å². The molecule has 0 aliphatic carbocycles. The van der Waals surface area contributed by atoms with Crippen LogP contribution in [0.5, 0.6) is 11.5 Å². The van der Waals surface area contributed by atoms with Crippen molar-refractivity contribution in [1.82, 2.24) is 14.8 Å². The van der Waals surface area contributed by atoms with Crippen molar-refractivity contribution in [3.63, 3.8) is 0 Å². The first kappa shape index (κ1) is 25.0. The fourth-order valence-electron chi connectivity index (χ4n) is 4.26. The number of hydrogen-bond donors (Lipinski definition) is 1. The van der Waals surface area contributed by atoms with Gasteiger partial charge in [0.1, 0.15) is 22.8 Å². The number of Topliss-reactive ketones (excluding diaryl/α,β-unsaturated/α-hetero) is 1. The van der Waals surface area contributed by atoms with E-state index in [0.29, 0.717) is 31.0 Å². The van der Waals surface area contributed by atoms with Crippen LogP contribution in [0.3, 0.4) is 0 Å². The molecule has 9 heteroatoms. The molecule has 9 nitrogen and oxygen atoms in total. The molecule has 1 aromatic heterocycles. The summed E-state index contributed by atoms with van der Waals surface area (Å²) in [6.07, 6.45) is 0.487. The highest BCUT2D eigenvalue weighted by molar-refractivity contribution is 5.98. The van der Waals surface area contributed by atoms with Gasteiger partial charge in [0.2, 0.25) is 5.91 Å². The lowest BCUT2D eigenvalue weighted by Crippen LogP contribution is -2.38. The van der Waals surface area contributed by atoms with E-state index in [2.05, 4.69) is 5.32 Å². The highest BCUT2D eigenvalue weighted by atomic mass is 16.5. The minimum Gasteiger partial charge on any atom is -0.497 e. The Morgan fingerprint density at radius 3 is 2.53 bits per heavy atom. The Morgan fingerprint density at radius 1 is 1.09 bits per heavy atom. The number of benzene rings is 1. The predicted molar refractivity (Wildman–Crippen MR) is 126 cm³/mol. The molecule has 0 fully saturated rings. The predicted octanol–water partition coefficient (Wildman–Crippen LogP) is 1.80. The summed E-state index contributed by atoms with van der Waals surface area (Å²) in [5.41, 5.74) is 1.39. The maximum Gasteiger partial charge on any atom is 0.257 e. The molecule has 2 aromatic rings. The maximum absolute atomic E-state index is 13.2. The molecule has 2 amide bonds. The van der Waals surface area contributed by atoms with Gasteiger partial charge < -0.3 is 29.1 Å². The molecular weight excluding hydrogens is 438 g/mol. The summed E-state index contributed by atoms with van der Waals surface area (Å²) in [4.78, 5) is 51.9. The van der Waals surface area contributed by atoms with E-state index in [1.165, 1.54) is 24.7 Å². The minimum absolute atomic E-state index is 0.0464. The Kier molecular flexibility index (Phi) is 8.09. The van der Waals surface area contributed by atoms with E-state index >= 15 is 0 Å². The lowest BCUT2D eigenvalue weighted by atomic mass is 10.0. The molecule has 0 bridgehead atoms. The molecule has 0 saturated carbocycles. The van der Waals surface area contributed by atoms with E-state index < -0.39 is 5.92 Å². The quantitative estimate of drug-likeness (QED) is 0.632. The molecule has 1 unspecified atom stereocenters. The second-order valence-electron chi connectivity index (χ2n) is 8.44. The normalized spacial score (nSPS) is 13.9. The number of hydrogen-bond acceptors (Lipinski definition) is 6. The van der Waals surface area contributed by atoms with E-state index in [1.807, 2.05) is 24.3 Å². The molecule has 0 spiro atoms. The second kappa shape index (κ2) is 11.0. The van der Waals surface area contributed by atoms with Gasteiger partial charge in [-0.1, -0.05) is 19.1 Å². The first-order valence-corrected chi connectivity index (χ1v) is 11.2. The number of pyridine rings is 1. The fourth-order valence-corrected chi connectivity index (χ4v) is 4.26. The van der Waals surface area contributed by atoms with Crippen molar-refractivity contribution >= 4 is 17.6 Å². The fraction of sp³-hybridized carbons (Fsp3) is 0.440. The summed E-state index contributed by atoms with van der Waals surface area (Å²) >= 11 is 0. The van der Waals surface area contributed by atoms with Gasteiger partial charge >= 0.3 is 0 Å². The van der Waals surface area contributed by atoms with Crippen molar-refractivity contribution in [2.75, 3.05) is 27.3 Å². The molecule has 0 saturated heterocycles. The standard InChI is InChI=1S/C25H31N3O6/c1-16(12-17(2)29)25(32)27-9-8-20-23(21(34-4)14-22(30)28(20)11-10-27)24(31)26-15-18-6-5-7-19(13-18)33-3/h5-7,13-14,16H,8-12,15H2,1-4H3,(H,26,31). The van der Waals surface area contributed by atoms with Crippen LogP contribution in [0.15, 0.2) is 35.1 Å². The Labute approximate surface area is 198 Å². The number of methoxy groups -OCH3 is 2. The number of nitrogens with one attached hydrogen (secondary N) is 1. The van der Waals surface area contributed by atoms with Gasteiger partial charge in [0.05, 0.1) is 14.2 Å². The molecule has 1 atom stereocenters. The lowest BCUT2D eigenvalue weighted by molar-refractivity contribution is -0.137. The summed E-state index contributed by atoms with van der Waals surface area (Å²) in [6.45, 7) is 4.38. The third-order valence-electron chi connectivity index (χ3n) is 5.95. The van der Waals surface area contributed by atoms with Gasteiger partial charge in [0.25, 0.3) is 11.5 Å². The van der Waals surface area contributed by atoms with Crippen LogP contribution in [0, 0.1) is 5.92 Å². The summed E-state index contributed by atoms with van der Waals surface area (Å²) in [5, 5.41) is 2.90. The lowest BCUT2D eigenvalue weighted by Gasteiger charge is -2.23. The number of carbonyl (C=O) groups is 3. The summed E-state index contributed by atoms with van der Waals surface area (Å²) in [7, 11) is 3.00. The van der Waals surface area contributed by atoms with E-state index in [1.54, 1.807) is 18.9 Å². The van der Waals surface area contributed by atoms with Crippen LogP contribution in [-0.4, -0.2) is 54.4 Å². The number of nitrogens with zero attached hydrogens (tertiary/aromatic N) is 2. The minimum atomic E-state index is -0.435. The zero-order valence-corrected chi connectivity index (χ0v) is 20.1. The van der Waals surface area contributed by atoms with Crippen molar-refractivity contribution in [2.24, 2.45) is 5.92 Å². The van der Waals surface area contributed by atoms with Crippen LogP contribution in [0.25, 0.3) is 0 Å². The number of aromatic nitrogens is 1. The van der Waals surface area contributed by atoms with Crippen molar-refractivity contribution < 1.29 is 23.9 Å². The number of fused-ring (bicyclic) bond motifs is 1. The van der Waals surface area contributed by atoms with Gasteiger partial charge in [0, 0.05) is 56.7 Å². The van der Waals surface area contributed by atoms with E-state index in [0.717, 1.165) is 5.56 Å².